The van der Waals surface area contributed by atoms with E-state index >= 15 is 0 Å². The summed E-state index contributed by atoms with van der Waals surface area (Å²) in [7, 11) is -3.80. The van der Waals surface area contributed by atoms with E-state index in [1.165, 1.54) is 18.7 Å². The number of nitrogens with one attached hydrogen (secondary N) is 1. The molecule has 0 atom stereocenters. The summed E-state index contributed by atoms with van der Waals surface area (Å²) >= 11 is 0. The van der Waals surface area contributed by atoms with Gasteiger partial charge in [-0.15, -0.1) is 10.9 Å². The number of hydrogen-bond donors (Lipinski definition) is 1. The normalized spacial score (nSPS) is 10.9. The molecule has 0 radical (unpaired) electrons. The second-order valence-corrected chi connectivity index (χ2v) is 4.09. The molecule has 0 aliphatic carbocycles. The highest BCUT2D eigenvalue weighted by atomic mass is 32.2. The van der Waals surface area contributed by atoms with Crippen LogP contribution in [0.3, 0.4) is 0 Å². The lowest BCUT2D eigenvalue weighted by molar-refractivity contribution is 0.183. The Hall–Kier alpha value is -1.67. The van der Waals surface area contributed by atoms with Crippen LogP contribution in [-0.4, -0.2) is 29.8 Å². The van der Waals surface area contributed by atoms with Gasteiger partial charge in [0.25, 0.3) is 10.1 Å². The Balaban J connectivity index is 2.51. The molecular formula is C7H9N3O4S. The van der Waals surface area contributed by atoms with E-state index in [-0.39, 0.29) is 5.75 Å². The van der Waals surface area contributed by atoms with Gasteiger partial charge in [0, 0.05) is 12.4 Å². The maximum absolute atomic E-state index is 11.2. The van der Waals surface area contributed by atoms with Gasteiger partial charge in [-0.3, -0.25) is 4.57 Å². The standard InChI is InChI=1S/C7H9N3O4S/c1-2-5-15(12,13)14-9-7(11)10-4-3-8-6-10/h2-4,6H,1,5H2,(H,9,11). The lowest BCUT2D eigenvalue weighted by Gasteiger charge is -2.04. The number of imidazole rings is 1. The van der Waals surface area contributed by atoms with Crippen LogP contribution in [-0.2, 0) is 14.4 Å². The smallest absolute Gasteiger partial charge is 0.256 e. The SMILES string of the molecule is C=CCS(=O)(=O)ONC(=O)n1ccnc1. The molecule has 0 bridgehead atoms. The number of nitrogens with zero attached hydrogens (tertiary/aromatic N) is 2. The zero-order valence-electron chi connectivity index (χ0n) is 7.66. The summed E-state index contributed by atoms with van der Waals surface area (Å²) in [6.45, 7) is 3.24. The van der Waals surface area contributed by atoms with Crippen molar-refractivity contribution >= 4 is 16.1 Å². The average Bonchev–Trinajstić information content (AvgIpc) is 2.67. The quantitative estimate of drug-likeness (QED) is 0.576. The third kappa shape index (κ3) is 3.52. The first kappa shape index (κ1) is 11.4. The van der Waals surface area contributed by atoms with Gasteiger partial charge in [0.2, 0.25) is 0 Å². The maximum Gasteiger partial charge on any atom is 0.351 e. The van der Waals surface area contributed by atoms with E-state index in [1.54, 1.807) is 5.48 Å². The van der Waals surface area contributed by atoms with Gasteiger partial charge >= 0.3 is 6.03 Å². The molecule has 0 aliphatic rings. The first-order chi connectivity index (χ1) is 7.05. The summed E-state index contributed by atoms with van der Waals surface area (Å²) < 4.78 is 27.2. The van der Waals surface area contributed by atoms with Gasteiger partial charge in [0.1, 0.15) is 6.33 Å². The van der Waals surface area contributed by atoms with Gasteiger partial charge in [-0.05, 0) is 0 Å². The van der Waals surface area contributed by atoms with E-state index in [9.17, 15) is 13.2 Å². The van der Waals surface area contributed by atoms with Gasteiger partial charge in [0.15, 0.2) is 0 Å². The lowest BCUT2D eigenvalue weighted by atomic mass is 10.8. The Morgan fingerprint density at radius 3 is 2.93 bits per heavy atom. The highest BCUT2D eigenvalue weighted by molar-refractivity contribution is 7.86. The third-order valence-electron chi connectivity index (χ3n) is 1.32. The van der Waals surface area contributed by atoms with Crippen LogP contribution in [0.1, 0.15) is 0 Å². The number of carbonyl (C=O) groups is 1. The Morgan fingerprint density at radius 2 is 2.40 bits per heavy atom. The number of hydrogen-bond acceptors (Lipinski definition) is 5. The number of carbonyl (C=O) groups excluding carboxylic acids is 1. The van der Waals surface area contributed by atoms with Crippen molar-refractivity contribution in [2.24, 2.45) is 0 Å². The van der Waals surface area contributed by atoms with E-state index in [0.29, 0.717) is 0 Å². The summed E-state index contributed by atoms with van der Waals surface area (Å²) in [5.41, 5.74) is 1.76. The van der Waals surface area contributed by atoms with E-state index in [2.05, 4.69) is 15.8 Å². The molecule has 7 nitrogen and oxygen atoms in total. The maximum atomic E-state index is 11.2. The van der Waals surface area contributed by atoms with Crippen LogP contribution in [0.15, 0.2) is 31.4 Å². The van der Waals surface area contributed by atoms with Gasteiger partial charge in [-0.25, -0.2) is 9.78 Å². The Labute approximate surface area is 86.5 Å². The molecule has 0 saturated carbocycles. The van der Waals surface area contributed by atoms with E-state index in [0.717, 1.165) is 10.6 Å². The second-order valence-electron chi connectivity index (χ2n) is 2.47. The van der Waals surface area contributed by atoms with E-state index < -0.39 is 16.1 Å². The Morgan fingerprint density at radius 1 is 1.67 bits per heavy atom. The lowest BCUT2D eigenvalue weighted by Crippen LogP contribution is -2.31. The fraction of sp³-hybridized carbons (Fsp3) is 0.143. The summed E-state index contributed by atoms with van der Waals surface area (Å²) in [4.78, 5) is 14.8. The van der Waals surface area contributed by atoms with Crippen LogP contribution in [0.25, 0.3) is 0 Å². The topological polar surface area (TPSA) is 90.3 Å². The molecule has 1 rings (SSSR count). The zero-order valence-corrected chi connectivity index (χ0v) is 8.48. The van der Waals surface area contributed by atoms with Crippen molar-refractivity contribution in [3.63, 3.8) is 0 Å². The molecule has 0 unspecified atom stereocenters. The van der Waals surface area contributed by atoms with Gasteiger partial charge in [-0.1, -0.05) is 6.08 Å². The summed E-state index contributed by atoms with van der Waals surface area (Å²) in [5, 5.41) is 0. The molecule has 0 aliphatic heterocycles. The average molecular weight is 231 g/mol. The van der Waals surface area contributed by atoms with Crippen molar-refractivity contribution < 1.29 is 17.5 Å². The molecule has 1 heterocycles. The predicted octanol–water partition coefficient (Wildman–Crippen LogP) is -0.112. The van der Waals surface area contributed by atoms with Crippen LogP contribution in [0, 0.1) is 0 Å². The molecule has 0 saturated heterocycles. The van der Waals surface area contributed by atoms with Gasteiger partial charge < -0.3 is 0 Å². The first-order valence-corrected chi connectivity index (χ1v) is 5.43. The Kier molecular flexibility index (Phi) is 3.58. The first-order valence-electron chi connectivity index (χ1n) is 3.85. The fourth-order valence-corrected chi connectivity index (χ4v) is 1.26. The molecule has 1 N–H and O–H groups in total. The van der Waals surface area contributed by atoms with Crippen LogP contribution < -0.4 is 5.48 Å². The molecule has 0 spiro atoms. The molecule has 8 heteroatoms. The van der Waals surface area contributed by atoms with Crippen molar-refractivity contribution in [3.05, 3.63) is 31.4 Å². The molecule has 82 valence electrons. The minimum Gasteiger partial charge on any atom is -0.256 e. The highest BCUT2D eigenvalue weighted by Crippen LogP contribution is 1.91. The highest BCUT2D eigenvalue weighted by Gasteiger charge is 2.11. The molecule has 0 aromatic carbocycles. The van der Waals surface area contributed by atoms with Crippen molar-refractivity contribution in [2.75, 3.05) is 5.75 Å². The number of aromatic nitrogens is 2. The molecule has 1 amide bonds. The molecule has 15 heavy (non-hydrogen) atoms. The van der Waals surface area contributed by atoms with Crippen molar-refractivity contribution in [1.29, 1.82) is 0 Å². The van der Waals surface area contributed by atoms with Crippen LogP contribution >= 0.6 is 0 Å². The predicted molar refractivity (Wildman–Crippen MR) is 51.2 cm³/mol. The molecular weight excluding hydrogens is 222 g/mol. The zero-order chi connectivity index (χ0) is 11.3. The molecule has 0 fully saturated rings. The monoisotopic (exact) mass is 231 g/mol. The second kappa shape index (κ2) is 4.71. The summed E-state index contributed by atoms with van der Waals surface area (Å²) in [6, 6.07) is -0.750. The summed E-state index contributed by atoms with van der Waals surface area (Å²) in [6.07, 6.45) is 5.08. The van der Waals surface area contributed by atoms with Crippen molar-refractivity contribution in [3.8, 4) is 0 Å². The van der Waals surface area contributed by atoms with Crippen molar-refractivity contribution in [2.45, 2.75) is 0 Å². The van der Waals surface area contributed by atoms with Gasteiger partial charge in [0.05, 0.1) is 5.75 Å². The van der Waals surface area contributed by atoms with E-state index in [4.69, 9.17) is 0 Å². The van der Waals surface area contributed by atoms with Crippen LogP contribution in [0.4, 0.5) is 4.79 Å². The third-order valence-corrected chi connectivity index (χ3v) is 2.30. The number of rotatable bonds is 4. The molecule has 1 aromatic rings. The number of amides is 1. The number of hydroxylamine groups is 1. The summed E-state index contributed by atoms with van der Waals surface area (Å²) in [5.74, 6) is -0.378. The van der Waals surface area contributed by atoms with E-state index in [1.807, 2.05) is 0 Å². The van der Waals surface area contributed by atoms with Crippen molar-refractivity contribution in [1.82, 2.24) is 15.0 Å². The largest absolute Gasteiger partial charge is 0.351 e. The van der Waals surface area contributed by atoms with Gasteiger partial charge in [-0.2, -0.15) is 13.9 Å². The minimum absolute atomic E-state index is 0.378. The van der Waals surface area contributed by atoms with Crippen LogP contribution in [0.2, 0.25) is 0 Å². The molecule has 1 aromatic heterocycles. The fourth-order valence-electron chi connectivity index (χ4n) is 0.709. The Bertz CT molecular complexity index is 437. The minimum atomic E-state index is -3.80. The van der Waals surface area contributed by atoms with Crippen LogP contribution in [0.5, 0.6) is 0 Å².